The molecule has 6 heteroatoms. The van der Waals surface area contributed by atoms with E-state index >= 15 is 0 Å². The number of aryl methyl sites for hydroxylation is 1. The predicted molar refractivity (Wildman–Crippen MR) is 112 cm³/mol. The van der Waals surface area contributed by atoms with Gasteiger partial charge in [-0.2, -0.15) is 0 Å². The third kappa shape index (κ3) is 10.8. The first-order valence-corrected chi connectivity index (χ1v) is 8.39. The number of rotatable bonds is 11. The van der Waals surface area contributed by atoms with Crippen LogP contribution in [0.5, 0.6) is 0 Å². The fourth-order valence-corrected chi connectivity index (χ4v) is 2.11. The first kappa shape index (κ1) is 23.1. The molecule has 0 amide bonds. The zero-order valence-corrected chi connectivity index (χ0v) is 17.5. The predicted octanol–water partition coefficient (Wildman–Crippen LogP) is 2.63. The maximum Gasteiger partial charge on any atom is 0.190 e. The van der Waals surface area contributed by atoms with Gasteiger partial charge in [-0.05, 0) is 30.4 Å². The molecular weight excluding hydrogens is 417 g/mol. The number of benzene rings is 1. The quantitative estimate of drug-likeness (QED) is 0.236. The van der Waals surface area contributed by atoms with E-state index in [1.54, 1.807) is 14.2 Å². The van der Waals surface area contributed by atoms with Gasteiger partial charge >= 0.3 is 0 Å². The Hall–Kier alpha value is -0.860. The highest BCUT2D eigenvalue weighted by Crippen LogP contribution is 2.05. The van der Waals surface area contributed by atoms with Crippen LogP contribution in [-0.4, -0.2) is 53.0 Å². The smallest absolute Gasteiger partial charge is 0.190 e. The van der Waals surface area contributed by atoms with E-state index in [0.717, 1.165) is 44.9 Å². The van der Waals surface area contributed by atoms with E-state index in [1.807, 2.05) is 0 Å². The lowest BCUT2D eigenvalue weighted by atomic mass is 10.1. The normalized spacial score (nSPS) is 11.0. The van der Waals surface area contributed by atoms with Crippen LogP contribution in [0.4, 0.5) is 0 Å². The zero-order valence-electron chi connectivity index (χ0n) is 15.1. The SMILES string of the molecule is CCc1ccc(CCNC(=NC)NCCCOCCOC)cc1.I. The number of hydrogen-bond donors (Lipinski definition) is 2. The molecule has 0 aliphatic heterocycles. The number of methoxy groups -OCH3 is 1. The summed E-state index contributed by atoms with van der Waals surface area (Å²) in [6, 6.07) is 8.81. The van der Waals surface area contributed by atoms with Crippen LogP contribution < -0.4 is 10.6 Å². The number of nitrogens with one attached hydrogen (secondary N) is 2. The average molecular weight is 449 g/mol. The molecule has 0 radical (unpaired) electrons. The first-order chi connectivity index (χ1) is 11.3. The summed E-state index contributed by atoms with van der Waals surface area (Å²) in [4.78, 5) is 4.23. The van der Waals surface area contributed by atoms with Gasteiger partial charge < -0.3 is 20.1 Å². The van der Waals surface area contributed by atoms with Crippen molar-refractivity contribution in [1.82, 2.24) is 10.6 Å². The van der Waals surface area contributed by atoms with Gasteiger partial charge in [0.2, 0.25) is 0 Å². The third-order valence-electron chi connectivity index (χ3n) is 3.55. The minimum Gasteiger partial charge on any atom is -0.382 e. The van der Waals surface area contributed by atoms with Gasteiger partial charge in [-0.1, -0.05) is 31.2 Å². The minimum atomic E-state index is 0. The number of aliphatic imine (C=N–C) groups is 1. The number of halogens is 1. The van der Waals surface area contributed by atoms with E-state index in [0.29, 0.717) is 13.2 Å². The molecule has 5 nitrogen and oxygen atoms in total. The largest absolute Gasteiger partial charge is 0.382 e. The first-order valence-electron chi connectivity index (χ1n) is 8.39. The molecule has 0 saturated heterocycles. The van der Waals surface area contributed by atoms with Gasteiger partial charge in [0.1, 0.15) is 0 Å². The van der Waals surface area contributed by atoms with Crippen LogP contribution in [0.3, 0.4) is 0 Å². The molecule has 0 spiro atoms. The Morgan fingerprint density at radius 2 is 1.67 bits per heavy atom. The summed E-state index contributed by atoms with van der Waals surface area (Å²) in [5.41, 5.74) is 2.73. The second-order valence-electron chi connectivity index (χ2n) is 5.30. The molecule has 2 N–H and O–H groups in total. The van der Waals surface area contributed by atoms with Gasteiger partial charge in [0.05, 0.1) is 13.2 Å². The van der Waals surface area contributed by atoms with Crippen molar-refractivity contribution < 1.29 is 9.47 Å². The summed E-state index contributed by atoms with van der Waals surface area (Å²) in [5.74, 6) is 0.840. The molecule has 1 aromatic rings. The molecule has 0 atom stereocenters. The maximum atomic E-state index is 5.42. The van der Waals surface area contributed by atoms with Gasteiger partial charge in [-0.3, -0.25) is 4.99 Å². The Morgan fingerprint density at radius 3 is 2.29 bits per heavy atom. The van der Waals surface area contributed by atoms with Crippen molar-refractivity contribution in [2.75, 3.05) is 47.1 Å². The summed E-state index contributed by atoms with van der Waals surface area (Å²) >= 11 is 0. The Balaban J connectivity index is 0.00000529. The van der Waals surface area contributed by atoms with Crippen molar-refractivity contribution in [3.8, 4) is 0 Å². The van der Waals surface area contributed by atoms with E-state index in [-0.39, 0.29) is 24.0 Å². The lowest BCUT2D eigenvalue weighted by molar-refractivity contribution is 0.0698. The van der Waals surface area contributed by atoms with Crippen molar-refractivity contribution in [1.29, 1.82) is 0 Å². The molecule has 0 heterocycles. The van der Waals surface area contributed by atoms with Crippen LogP contribution in [0.25, 0.3) is 0 Å². The molecule has 1 rings (SSSR count). The van der Waals surface area contributed by atoms with Crippen molar-refractivity contribution in [3.05, 3.63) is 35.4 Å². The minimum absolute atomic E-state index is 0. The van der Waals surface area contributed by atoms with Gasteiger partial charge in [0.15, 0.2) is 5.96 Å². The Kier molecular flexibility index (Phi) is 15.1. The van der Waals surface area contributed by atoms with Crippen LogP contribution in [0.1, 0.15) is 24.5 Å². The monoisotopic (exact) mass is 449 g/mol. The van der Waals surface area contributed by atoms with Gasteiger partial charge in [0.25, 0.3) is 0 Å². The van der Waals surface area contributed by atoms with Crippen LogP contribution in [0.15, 0.2) is 29.3 Å². The second-order valence-corrected chi connectivity index (χ2v) is 5.30. The second kappa shape index (κ2) is 15.7. The molecular formula is C18H32IN3O2. The van der Waals surface area contributed by atoms with Gasteiger partial charge in [0, 0.05) is 33.9 Å². The van der Waals surface area contributed by atoms with Crippen molar-refractivity contribution in [2.24, 2.45) is 4.99 Å². The average Bonchev–Trinajstić information content (AvgIpc) is 2.60. The molecule has 0 aliphatic rings. The van der Waals surface area contributed by atoms with E-state index in [1.165, 1.54) is 11.1 Å². The van der Waals surface area contributed by atoms with Crippen LogP contribution in [0.2, 0.25) is 0 Å². The molecule has 0 unspecified atom stereocenters. The fourth-order valence-electron chi connectivity index (χ4n) is 2.11. The standard InChI is InChI=1S/C18H31N3O2.HI/c1-4-16-6-8-17(9-7-16)10-12-21-18(19-2)20-11-5-13-23-15-14-22-3;/h6-9H,4-5,10-15H2,1-3H3,(H2,19,20,21);1H. The van der Waals surface area contributed by atoms with Gasteiger partial charge in [-0.25, -0.2) is 0 Å². The number of guanidine groups is 1. The number of ether oxygens (including phenoxy) is 2. The topological polar surface area (TPSA) is 54.9 Å². The molecule has 0 aliphatic carbocycles. The fraction of sp³-hybridized carbons (Fsp3) is 0.611. The van der Waals surface area contributed by atoms with Crippen molar-refractivity contribution in [2.45, 2.75) is 26.2 Å². The number of hydrogen-bond acceptors (Lipinski definition) is 3. The summed E-state index contributed by atoms with van der Waals surface area (Å²) in [5, 5.41) is 6.63. The Bertz CT molecular complexity index is 438. The van der Waals surface area contributed by atoms with Crippen molar-refractivity contribution in [3.63, 3.8) is 0 Å². The zero-order chi connectivity index (χ0) is 16.8. The summed E-state index contributed by atoms with van der Waals surface area (Å²) < 4.78 is 10.3. The molecule has 24 heavy (non-hydrogen) atoms. The lowest BCUT2D eigenvalue weighted by Crippen LogP contribution is -2.39. The third-order valence-corrected chi connectivity index (χ3v) is 3.55. The highest BCUT2D eigenvalue weighted by molar-refractivity contribution is 14.0. The Labute approximate surface area is 163 Å². The molecule has 1 aromatic carbocycles. The highest BCUT2D eigenvalue weighted by atomic mass is 127. The van der Waals surface area contributed by atoms with Crippen LogP contribution in [-0.2, 0) is 22.3 Å². The lowest BCUT2D eigenvalue weighted by Gasteiger charge is -2.12. The van der Waals surface area contributed by atoms with E-state index in [4.69, 9.17) is 9.47 Å². The highest BCUT2D eigenvalue weighted by Gasteiger charge is 1.98. The molecule has 0 aromatic heterocycles. The molecule has 0 bridgehead atoms. The summed E-state index contributed by atoms with van der Waals surface area (Å²) in [6.07, 6.45) is 3.03. The molecule has 0 fully saturated rings. The van der Waals surface area contributed by atoms with E-state index < -0.39 is 0 Å². The van der Waals surface area contributed by atoms with Crippen molar-refractivity contribution >= 4 is 29.9 Å². The van der Waals surface area contributed by atoms with Crippen LogP contribution >= 0.6 is 24.0 Å². The summed E-state index contributed by atoms with van der Waals surface area (Å²) in [7, 11) is 3.47. The molecule has 138 valence electrons. The molecule has 0 saturated carbocycles. The maximum absolute atomic E-state index is 5.42. The van der Waals surface area contributed by atoms with Crippen LogP contribution in [0, 0.1) is 0 Å². The van der Waals surface area contributed by atoms with E-state index in [9.17, 15) is 0 Å². The van der Waals surface area contributed by atoms with Gasteiger partial charge in [-0.15, -0.1) is 24.0 Å². The van der Waals surface area contributed by atoms with E-state index in [2.05, 4.69) is 46.8 Å². The summed E-state index contributed by atoms with van der Waals surface area (Å²) in [6.45, 7) is 5.93. The number of nitrogens with zero attached hydrogens (tertiary/aromatic N) is 1. The Morgan fingerprint density at radius 1 is 1.00 bits per heavy atom.